The minimum Gasteiger partial charge on any atom is -0.444 e. The fourth-order valence-electron chi connectivity index (χ4n) is 0.730. The van der Waals surface area contributed by atoms with E-state index in [1.165, 1.54) is 0 Å². The Labute approximate surface area is 76.9 Å². The number of nitrogens with zero attached hydrogens (tertiary/aromatic N) is 2. The molecule has 0 aromatic rings. The fraction of sp³-hybridized carbons (Fsp3) is 0.625. The van der Waals surface area contributed by atoms with Crippen LogP contribution in [0.4, 0.5) is 4.79 Å². The predicted molar refractivity (Wildman–Crippen MR) is 49.1 cm³/mol. The number of aliphatic imine (C=N–C) groups is 2. The molecule has 0 atom stereocenters. The number of ether oxygens (including phenoxy) is 1. The van der Waals surface area contributed by atoms with Gasteiger partial charge in [0.1, 0.15) is 11.4 Å². The first-order valence-electron chi connectivity index (χ1n) is 3.95. The summed E-state index contributed by atoms with van der Waals surface area (Å²) in [5.41, 5.74) is -0.492. The highest BCUT2D eigenvalue weighted by Crippen LogP contribution is 2.06. The molecule has 0 fully saturated rings. The molecule has 0 bridgehead atoms. The summed E-state index contributed by atoms with van der Waals surface area (Å²) in [5.74, 6) is 0.467. The lowest BCUT2D eigenvalue weighted by atomic mass is 10.2. The monoisotopic (exact) mass is 182 g/mol. The van der Waals surface area contributed by atoms with Crippen molar-refractivity contribution in [3.05, 3.63) is 0 Å². The van der Waals surface area contributed by atoms with Gasteiger partial charge in [0, 0.05) is 0 Å². The molecule has 1 rings (SSSR count). The number of hydrogen-bond acceptors (Lipinski definition) is 4. The summed E-state index contributed by atoms with van der Waals surface area (Å²) in [4.78, 5) is 18.5. The van der Waals surface area contributed by atoms with Crippen LogP contribution in [0, 0.1) is 0 Å². The van der Waals surface area contributed by atoms with Crippen LogP contribution >= 0.6 is 0 Å². The zero-order chi connectivity index (χ0) is 9.90. The molecule has 0 saturated heterocycles. The lowest BCUT2D eigenvalue weighted by Crippen LogP contribution is -2.36. The molecule has 1 aliphatic heterocycles. The summed E-state index contributed by atoms with van der Waals surface area (Å²) in [5, 5.41) is 2.47. The maximum atomic E-state index is 11.1. The molecule has 0 saturated carbocycles. The summed E-state index contributed by atoms with van der Waals surface area (Å²) in [6.07, 6.45) is 1.87. The van der Waals surface area contributed by atoms with Gasteiger partial charge in [-0.3, -0.25) is 10.3 Å². The summed E-state index contributed by atoms with van der Waals surface area (Å²) in [6, 6.07) is 0. The highest BCUT2D eigenvalue weighted by atomic mass is 16.6. The van der Waals surface area contributed by atoms with Gasteiger partial charge in [-0.05, 0) is 20.8 Å². The molecule has 0 aromatic heterocycles. The van der Waals surface area contributed by atoms with Gasteiger partial charge in [0.2, 0.25) is 0 Å². The van der Waals surface area contributed by atoms with E-state index in [1.54, 1.807) is 20.8 Å². The Bertz CT molecular complexity index is 263. The maximum Gasteiger partial charge on any atom is 0.413 e. The van der Waals surface area contributed by atoms with Crippen LogP contribution in [-0.4, -0.2) is 30.4 Å². The molecular weight excluding hydrogens is 170 g/mol. The zero-order valence-corrected chi connectivity index (χ0v) is 7.92. The fourth-order valence-corrected chi connectivity index (χ4v) is 0.730. The van der Waals surface area contributed by atoms with Gasteiger partial charge in [0.05, 0.1) is 6.54 Å². The molecule has 13 heavy (non-hydrogen) atoms. The number of nitrogens with one attached hydrogen (secondary N) is 1. The lowest BCUT2D eigenvalue weighted by molar-refractivity contribution is 0.0563. The first-order valence-corrected chi connectivity index (χ1v) is 3.95. The zero-order valence-electron chi connectivity index (χ0n) is 7.92. The second-order valence-electron chi connectivity index (χ2n) is 3.60. The van der Waals surface area contributed by atoms with Gasteiger partial charge in [-0.2, -0.15) is 0 Å². The Morgan fingerprint density at radius 2 is 2.31 bits per heavy atom. The van der Waals surface area contributed by atoms with E-state index in [4.69, 9.17) is 4.74 Å². The third-order valence-corrected chi connectivity index (χ3v) is 1.13. The SMILES string of the molecule is CC(C)(C)OC(=O)NC1=N[C]=NC1. The number of carbonyl (C=O) groups excluding carboxylic acids is 1. The van der Waals surface area contributed by atoms with Crippen LogP contribution in [0.3, 0.4) is 0 Å². The Balaban J connectivity index is 2.34. The van der Waals surface area contributed by atoms with Gasteiger partial charge in [-0.1, -0.05) is 0 Å². The molecular formula is C8H12N3O2. The molecule has 71 valence electrons. The molecule has 1 aliphatic rings. The standard InChI is InChI=1S/C8H12N3O2/c1-8(2,3)13-7(12)11-6-4-9-5-10-6/h4H2,1-3H3,(H,9,10,11,12). The van der Waals surface area contributed by atoms with Gasteiger partial charge in [0.25, 0.3) is 0 Å². The smallest absolute Gasteiger partial charge is 0.413 e. The quantitative estimate of drug-likeness (QED) is 0.603. The molecule has 0 unspecified atom stereocenters. The van der Waals surface area contributed by atoms with Crippen molar-refractivity contribution in [2.75, 3.05) is 6.54 Å². The predicted octanol–water partition coefficient (Wildman–Crippen LogP) is 0.829. The maximum absolute atomic E-state index is 11.1. The number of alkyl carbamates (subject to hydrolysis) is 1. The Morgan fingerprint density at radius 1 is 1.62 bits per heavy atom. The van der Waals surface area contributed by atoms with Crippen molar-refractivity contribution in [2.45, 2.75) is 26.4 Å². The van der Waals surface area contributed by atoms with Crippen molar-refractivity contribution in [2.24, 2.45) is 9.98 Å². The third kappa shape index (κ3) is 3.68. The molecule has 1 heterocycles. The number of carbonyl (C=O) groups is 1. The van der Waals surface area contributed by atoms with Crippen molar-refractivity contribution >= 4 is 18.3 Å². The largest absolute Gasteiger partial charge is 0.444 e. The van der Waals surface area contributed by atoms with E-state index in [0.717, 1.165) is 0 Å². The molecule has 5 nitrogen and oxygen atoms in total. The van der Waals surface area contributed by atoms with Gasteiger partial charge >= 0.3 is 6.09 Å². The van der Waals surface area contributed by atoms with E-state index in [2.05, 4.69) is 21.6 Å². The normalized spacial score (nSPS) is 15.5. The number of rotatable bonds is 0. The van der Waals surface area contributed by atoms with E-state index in [9.17, 15) is 4.79 Å². The van der Waals surface area contributed by atoms with Gasteiger partial charge in [-0.15, -0.1) is 0 Å². The summed E-state index contributed by atoms with van der Waals surface area (Å²) < 4.78 is 5.00. The average molecular weight is 182 g/mol. The van der Waals surface area contributed by atoms with Crippen LogP contribution in [0.2, 0.25) is 0 Å². The molecule has 0 spiro atoms. The minimum atomic E-state index is -0.509. The molecule has 0 aromatic carbocycles. The summed E-state index contributed by atoms with van der Waals surface area (Å²) >= 11 is 0. The summed E-state index contributed by atoms with van der Waals surface area (Å²) in [7, 11) is 0. The van der Waals surface area contributed by atoms with Gasteiger partial charge in [0.15, 0.2) is 6.34 Å². The Kier molecular flexibility index (Phi) is 2.65. The molecule has 0 aliphatic carbocycles. The summed E-state index contributed by atoms with van der Waals surface area (Å²) in [6.45, 7) is 5.75. The van der Waals surface area contributed by atoms with E-state index in [1.807, 2.05) is 0 Å². The number of hydrogen-bond donors (Lipinski definition) is 1. The van der Waals surface area contributed by atoms with E-state index >= 15 is 0 Å². The molecule has 1 amide bonds. The van der Waals surface area contributed by atoms with E-state index in [-0.39, 0.29) is 0 Å². The van der Waals surface area contributed by atoms with Crippen molar-refractivity contribution in [3.63, 3.8) is 0 Å². The third-order valence-electron chi connectivity index (χ3n) is 1.13. The topological polar surface area (TPSA) is 63.0 Å². The van der Waals surface area contributed by atoms with Crippen LogP contribution in [0.25, 0.3) is 0 Å². The first-order chi connectivity index (χ1) is 5.97. The molecule has 1 radical (unpaired) electrons. The van der Waals surface area contributed by atoms with Crippen molar-refractivity contribution in [1.82, 2.24) is 5.32 Å². The lowest BCUT2D eigenvalue weighted by Gasteiger charge is -2.19. The Hall–Kier alpha value is -1.39. The minimum absolute atomic E-state index is 0.360. The van der Waals surface area contributed by atoms with E-state index < -0.39 is 11.7 Å². The molecule has 5 heteroatoms. The number of amides is 1. The second-order valence-corrected chi connectivity index (χ2v) is 3.60. The van der Waals surface area contributed by atoms with E-state index in [0.29, 0.717) is 12.4 Å². The van der Waals surface area contributed by atoms with Crippen LogP contribution in [0.15, 0.2) is 9.98 Å². The van der Waals surface area contributed by atoms with Crippen molar-refractivity contribution in [1.29, 1.82) is 0 Å². The number of amidine groups is 1. The molecule has 1 N–H and O–H groups in total. The first kappa shape index (κ1) is 9.70. The van der Waals surface area contributed by atoms with Crippen LogP contribution < -0.4 is 5.32 Å². The van der Waals surface area contributed by atoms with Gasteiger partial charge in [-0.25, -0.2) is 9.79 Å². The van der Waals surface area contributed by atoms with Crippen molar-refractivity contribution < 1.29 is 9.53 Å². The highest BCUT2D eigenvalue weighted by Gasteiger charge is 2.17. The second kappa shape index (κ2) is 3.55. The van der Waals surface area contributed by atoms with Gasteiger partial charge < -0.3 is 4.74 Å². The van der Waals surface area contributed by atoms with Crippen LogP contribution in [0.1, 0.15) is 20.8 Å². The Morgan fingerprint density at radius 3 is 2.77 bits per heavy atom. The average Bonchev–Trinajstić information content (AvgIpc) is 2.34. The van der Waals surface area contributed by atoms with Crippen LogP contribution in [0.5, 0.6) is 0 Å². The van der Waals surface area contributed by atoms with Crippen molar-refractivity contribution in [3.8, 4) is 0 Å². The van der Waals surface area contributed by atoms with Crippen LogP contribution in [-0.2, 0) is 4.74 Å². The highest BCUT2D eigenvalue weighted by molar-refractivity contribution is 6.02.